The molecule has 0 N–H and O–H groups in total. The first kappa shape index (κ1) is 13.4. The third-order valence-electron chi connectivity index (χ3n) is 1.93. The number of benzene rings is 1. The molecule has 0 spiro atoms. The second kappa shape index (κ2) is 7.58. The van der Waals surface area contributed by atoms with E-state index < -0.39 is 0 Å². The smallest absolute Gasteiger partial charge is 0.137 e. The van der Waals surface area contributed by atoms with Crippen LogP contribution in [0.15, 0.2) is 22.7 Å². The number of hydrogen-bond donors (Lipinski definition) is 0. The van der Waals surface area contributed by atoms with Crippen LogP contribution >= 0.6 is 43.6 Å². The first-order valence-corrected chi connectivity index (χ1v) is 8.05. The molecule has 0 unspecified atom stereocenters. The van der Waals surface area contributed by atoms with E-state index in [1.807, 2.05) is 23.9 Å². The van der Waals surface area contributed by atoms with Gasteiger partial charge in [-0.3, -0.25) is 0 Å². The highest BCUT2D eigenvalue weighted by Gasteiger charge is 2.06. The van der Waals surface area contributed by atoms with Crippen molar-refractivity contribution in [3.05, 3.63) is 28.2 Å². The lowest BCUT2D eigenvalue weighted by atomic mass is 10.2. The molecule has 0 fully saturated rings. The maximum Gasteiger partial charge on any atom is 0.137 e. The van der Waals surface area contributed by atoms with Gasteiger partial charge in [-0.05, 0) is 40.4 Å². The minimum atomic E-state index is 0.781. The molecular weight excluding hydrogens is 340 g/mol. The van der Waals surface area contributed by atoms with Crippen molar-refractivity contribution in [3.8, 4) is 5.75 Å². The summed E-state index contributed by atoms with van der Waals surface area (Å²) in [4.78, 5) is 0. The summed E-state index contributed by atoms with van der Waals surface area (Å²) in [6.45, 7) is 0.781. The van der Waals surface area contributed by atoms with Crippen LogP contribution in [-0.2, 0) is 5.33 Å². The predicted octanol–water partition coefficient (Wildman–Crippen LogP) is 4.48. The van der Waals surface area contributed by atoms with Gasteiger partial charge in [0, 0.05) is 10.9 Å². The summed E-state index contributed by atoms with van der Waals surface area (Å²) in [5.41, 5.74) is 1.19. The number of rotatable bonds is 6. The fraction of sp³-hybridized carbons (Fsp3) is 0.455. The molecule has 1 nitrogen and oxygen atoms in total. The Balaban J connectivity index is 2.58. The molecular formula is C11H14Br2OS. The summed E-state index contributed by atoms with van der Waals surface area (Å²) in [6, 6.07) is 6.11. The van der Waals surface area contributed by atoms with Crippen molar-refractivity contribution in [2.24, 2.45) is 0 Å². The van der Waals surface area contributed by atoms with E-state index in [-0.39, 0.29) is 0 Å². The minimum absolute atomic E-state index is 0.781. The molecule has 0 aliphatic rings. The van der Waals surface area contributed by atoms with E-state index in [4.69, 9.17) is 4.74 Å². The Hall–Kier alpha value is 0.330. The van der Waals surface area contributed by atoms with Gasteiger partial charge in [0.2, 0.25) is 0 Å². The first-order valence-electron chi connectivity index (χ1n) is 4.74. The maximum atomic E-state index is 5.77. The number of para-hydroxylation sites is 1. The Labute approximate surface area is 112 Å². The lowest BCUT2D eigenvalue weighted by molar-refractivity contribution is 0.314. The van der Waals surface area contributed by atoms with E-state index in [2.05, 4.69) is 44.2 Å². The quantitative estimate of drug-likeness (QED) is 0.551. The van der Waals surface area contributed by atoms with E-state index in [9.17, 15) is 0 Å². The van der Waals surface area contributed by atoms with Gasteiger partial charge in [-0.1, -0.05) is 28.1 Å². The molecule has 0 aliphatic carbocycles. The van der Waals surface area contributed by atoms with E-state index >= 15 is 0 Å². The van der Waals surface area contributed by atoms with Gasteiger partial charge in [0.15, 0.2) is 0 Å². The predicted molar refractivity (Wildman–Crippen MR) is 75.3 cm³/mol. The van der Waals surface area contributed by atoms with Gasteiger partial charge in [-0.25, -0.2) is 0 Å². The van der Waals surface area contributed by atoms with Crippen LogP contribution in [0.25, 0.3) is 0 Å². The summed E-state index contributed by atoms with van der Waals surface area (Å²) in [5, 5.41) is 0.824. The third kappa shape index (κ3) is 4.37. The molecule has 0 saturated carbocycles. The number of alkyl halides is 1. The Bertz CT molecular complexity index is 305. The summed E-state index contributed by atoms with van der Waals surface area (Å²) < 4.78 is 6.80. The number of thioether (sulfide) groups is 1. The van der Waals surface area contributed by atoms with Crippen molar-refractivity contribution < 1.29 is 4.74 Å². The first-order chi connectivity index (χ1) is 7.29. The summed E-state index contributed by atoms with van der Waals surface area (Å²) in [6.07, 6.45) is 3.20. The van der Waals surface area contributed by atoms with Gasteiger partial charge >= 0.3 is 0 Å². The second-order valence-electron chi connectivity index (χ2n) is 3.06. The van der Waals surface area contributed by atoms with Crippen LogP contribution in [0.1, 0.15) is 12.0 Å². The molecule has 4 heteroatoms. The summed E-state index contributed by atoms with van der Waals surface area (Å²) >= 11 is 8.82. The van der Waals surface area contributed by atoms with Gasteiger partial charge in [0.05, 0.1) is 11.1 Å². The molecule has 0 aromatic heterocycles. The standard InChI is InChI=1S/C11H14Br2OS/c1-15-7-3-6-14-11-9(8-12)4-2-5-10(11)13/h2,4-5H,3,6-8H2,1H3. The number of ether oxygens (including phenoxy) is 1. The van der Waals surface area contributed by atoms with E-state index in [1.165, 1.54) is 5.56 Å². The molecule has 0 radical (unpaired) electrons. The van der Waals surface area contributed by atoms with Crippen LogP contribution in [0.4, 0.5) is 0 Å². The normalized spacial score (nSPS) is 10.3. The molecule has 15 heavy (non-hydrogen) atoms. The zero-order valence-electron chi connectivity index (χ0n) is 8.63. The monoisotopic (exact) mass is 352 g/mol. The third-order valence-corrected chi connectivity index (χ3v) is 3.86. The van der Waals surface area contributed by atoms with E-state index in [0.717, 1.165) is 34.3 Å². The highest BCUT2D eigenvalue weighted by atomic mass is 79.9. The Morgan fingerprint density at radius 1 is 1.40 bits per heavy atom. The van der Waals surface area contributed by atoms with Crippen molar-refractivity contribution in [2.75, 3.05) is 18.6 Å². The van der Waals surface area contributed by atoms with Crippen LogP contribution in [0.2, 0.25) is 0 Å². The fourth-order valence-electron chi connectivity index (χ4n) is 1.20. The van der Waals surface area contributed by atoms with Gasteiger partial charge in [-0.2, -0.15) is 11.8 Å². The Morgan fingerprint density at radius 3 is 2.87 bits per heavy atom. The van der Waals surface area contributed by atoms with Crippen molar-refractivity contribution in [1.82, 2.24) is 0 Å². The summed E-state index contributed by atoms with van der Waals surface area (Å²) in [5.74, 6) is 2.11. The van der Waals surface area contributed by atoms with Crippen LogP contribution in [0, 0.1) is 0 Å². The average Bonchev–Trinajstić information content (AvgIpc) is 2.26. The highest BCUT2D eigenvalue weighted by molar-refractivity contribution is 9.10. The van der Waals surface area contributed by atoms with Gasteiger partial charge in [0.1, 0.15) is 5.75 Å². The zero-order chi connectivity index (χ0) is 11.1. The number of hydrogen-bond acceptors (Lipinski definition) is 2. The SMILES string of the molecule is CSCCCOc1c(Br)cccc1CBr. The minimum Gasteiger partial charge on any atom is -0.492 e. The highest BCUT2D eigenvalue weighted by Crippen LogP contribution is 2.30. The molecule has 0 bridgehead atoms. The molecule has 84 valence electrons. The van der Waals surface area contributed by atoms with Gasteiger partial charge < -0.3 is 4.74 Å². The summed E-state index contributed by atoms with van der Waals surface area (Å²) in [7, 11) is 0. The Kier molecular flexibility index (Phi) is 6.77. The molecule has 1 aromatic carbocycles. The second-order valence-corrected chi connectivity index (χ2v) is 5.46. The maximum absolute atomic E-state index is 5.77. The molecule has 0 aliphatic heterocycles. The molecule has 1 rings (SSSR count). The molecule has 0 atom stereocenters. The fourth-order valence-corrected chi connectivity index (χ4v) is 2.57. The molecule has 0 saturated heterocycles. The van der Waals surface area contributed by atoms with Crippen LogP contribution in [0.5, 0.6) is 5.75 Å². The van der Waals surface area contributed by atoms with E-state index in [0.29, 0.717) is 0 Å². The van der Waals surface area contributed by atoms with Crippen molar-refractivity contribution in [3.63, 3.8) is 0 Å². The average molecular weight is 354 g/mol. The van der Waals surface area contributed by atoms with E-state index in [1.54, 1.807) is 0 Å². The largest absolute Gasteiger partial charge is 0.492 e. The number of halogens is 2. The molecule has 0 amide bonds. The van der Waals surface area contributed by atoms with Crippen LogP contribution in [0.3, 0.4) is 0 Å². The van der Waals surface area contributed by atoms with Crippen LogP contribution < -0.4 is 4.74 Å². The molecule has 0 heterocycles. The van der Waals surface area contributed by atoms with Crippen molar-refractivity contribution >= 4 is 43.6 Å². The lowest BCUT2D eigenvalue weighted by Crippen LogP contribution is -2.01. The van der Waals surface area contributed by atoms with Crippen molar-refractivity contribution in [2.45, 2.75) is 11.8 Å². The topological polar surface area (TPSA) is 9.23 Å². The van der Waals surface area contributed by atoms with Gasteiger partial charge in [0.25, 0.3) is 0 Å². The molecule has 1 aromatic rings. The van der Waals surface area contributed by atoms with Crippen molar-refractivity contribution in [1.29, 1.82) is 0 Å². The Morgan fingerprint density at radius 2 is 2.20 bits per heavy atom. The lowest BCUT2D eigenvalue weighted by Gasteiger charge is -2.11. The van der Waals surface area contributed by atoms with Crippen LogP contribution in [-0.4, -0.2) is 18.6 Å². The zero-order valence-corrected chi connectivity index (χ0v) is 12.6. The van der Waals surface area contributed by atoms with Gasteiger partial charge in [-0.15, -0.1) is 0 Å².